The molecule has 0 bridgehead atoms. The van der Waals surface area contributed by atoms with Gasteiger partial charge in [0.15, 0.2) is 0 Å². The van der Waals surface area contributed by atoms with Crippen molar-refractivity contribution in [2.45, 2.75) is 25.7 Å². The lowest BCUT2D eigenvalue weighted by atomic mass is 10.2. The summed E-state index contributed by atoms with van der Waals surface area (Å²) in [6, 6.07) is 0. The van der Waals surface area contributed by atoms with E-state index < -0.39 is 0 Å². The Bertz CT molecular complexity index is 262. The quantitative estimate of drug-likeness (QED) is 0.494. The third kappa shape index (κ3) is 6.24. The second-order valence-corrected chi connectivity index (χ2v) is 3.23. The molecule has 0 radical (unpaired) electrons. The lowest BCUT2D eigenvalue weighted by molar-refractivity contribution is 1.04. The van der Waals surface area contributed by atoms with Gasteiger partial charge in [-0.2, -0.15) is 0 Å². The predicted molar refractivity (Wildman–Crippen MR) is 64.2 cm³/mol. The molecule has 0 aromatic heterocycles. The van der Waals surface area contributed by atoms with Crippen LogP contribution in [0.3, 0.4) is 0 Å². The lowest BCUT2D eigenvalue weighted by Gasteiger charge is -1.87. The summed E-state index contributed by atoms with van der Waals surface area (Å²) in [5, 5.41) is 0. The molecule has 1 rings (SSSR count). The van der Waals surface area contributed by atoms with E-state index >= 15 is 0 Å². The van der Waals surface area contributed by atoms with Crippen molar-refractivity contribution in [3.63, 3.8) is 0 Å². The Hall–Kier alpha value is -1.30. The summed E-state index contributed by atoms with van der Waals surface area (Å²) < 4.78 is 0. The maximum Gasteiger partial charge on any atom is -0.0163 e. The smallest absolute Gasteiger partial charge is 0.0163 e. The van der Waals surface area contributed by atoms with Gasteiger partial charge in [0, 0.05) is 0 Å². The van der Waals surface area contributed by atoms with Crippen molar-refractivity contribution >= 4 is 0 Å². The van der Waals surface area contributed by atoms with Gasteiger partial charge >= 0.3 is 0 Å². The summed E-state index contributed by atoms with van der Waals surface area (Å²) in [7, 11) is 0. The van der Waals surface area contributed by atoms with Gasteiger partial charge < -0.3 is 0 Å². The lowest BCUT2D eigenvalue weighted by Crippen LogP contribution is -1.66. The minimum absolute atomic E-state index is 1.02. The van der Waals surface area contributed by atoms with Gasteiger partial charge in [-0.1, -0.05) is 60.8 Å². The summed E-state index contributed by atoms with van der Waals surface area (Å²) in [5.74, 6) is 0. The number of rotatable bonds is 0. The highest BCUT2D eigenvalue weighted by atomic mass is 13.8. The van der Waals surface area contributed by atoms with E-state index in [0.29, 0.717) is 0 Å². The second kappa shape index (κ2) is 8.31. The highest BCUT2D eigenvalue weighted by Gasteiger charge is 1.76. The molecule has 0 amide bonds. The maximum absolute atomic E-state index is 2.24. The van der Waals surface area contributed by atoms with Gasteiger partial charge in [-0.05, 0) is 25.7 Å². The Labute approximate surface area is 87.0 Å². The van der Waals surface area contributed by atoms with Gasteiger partial charge in [0.05, 0.1) is 0 Å². The Morgan fingerprint density at radius 1 is 0.429 bits per heavy atom. The molecule has 0 aliphatic heterocycles. The third-order valence-corrected chi connectivity index (χ3v) is 1.98. The minimum atomic E-state index is 1.02. The molecule has 0 fully saturated rings. The van der Waals surface area contributed by atoms with Crippen LogP contribution in [0, 0.1) is 0 Å². The van der Waals surface area contributed by atoms with Crippen LogP contribution in [-0.2, 0) is 0 Å². The maximum atomic E-state index is 2.24. The predicted octanol–water partition coefficient (Wildman–Crippen LogP) is 4.34. The van der Waals surface area contributed by atoms with Gasteiger partial charge in [-0.15, -0.1) is 0 Å². The number of hydrogen-bond donors (Lipinski definition) is 0. The fraction of sp³-hybridized carbons (Fsp3) is 0.286. The molecule has 1 aliphatic carbocycles. The molecule has 0 heterocycles. The molecule has 0 heteroatoms. The third-order valence-electron chi connectivity index (χ3n) is 1.98. The Kier molecular flexibility index (Phi) is 6.39. The van der Waals surface area contributed by atoms with Crippen LogP contribution in [0.5, 0.6) is 0 Å². The van der Waals surface area contributed by atoms with Gasteiger partial charge in [0.25, 0.3) is 0 Å². The highest BCUT2D eigenvalue weighted by molar-refractivity contribution is 5.10. The molecule has 0 N–H and O–H groups in total. The van der Waals surface area contributed by atoms with Crippen LogP contribution < -0.4 is 0 Å². The Morgan fingerprint density at radius 3 is 1.64 bits per heavy atom. The Morgan fingerprint density at radius 2 is 0.929 bits per heavy atom. The van der Waals surface area contributed by atoms with Crippen LogP contribution in [-0.4, -0.2) is 0 Å². The minimum Gasteiger partial charge on any atom is -0.0879 e. The summed E-state index contributed by atoms with van der Waals surface area (Å²) in [6.07, 6.45) is 26.0. The fourth-order valence-corrected chi connectivity index (χ4v) is 1.21. The van der Waals surface area contributed by atoms with Crippen LogP contribution in [0.1, 0.15) is 25.7 Å². The van der Waals surface area contributed by atoms with Crippen molar-refractivity contribution in [3.8, 4) is 0 Å². The fourth-order valence-electron chi connectivity index (χ4n) is 1.21. The van der Waals surface area contributed by atoms with Gasteiger partial charge in [-0.3, -0.25) is 0 Å². The van der Waals surface area contributed by atoms with Crippen molar-refractivity contribution in [2.75, 3.05) is 0 Å². The molecule has 1 aliphatic rings. The van der Waals surface area contributed by atoms with Crippen molar-refractivity contribution in [1.82, 2.24) is 0 Å². The molecule has 0 saturated carbocycles. The standard InChI is InChI=1S/C14H18/c1-2-4-6-8-10-12-14-13-11-9-7-5-3-1/h1-4,7-11,13H,5-6,12,14H2/b3-1+,4-2+,9-7?,10-8-,13-11?. The molecule has 0 nitrogen and oxygen atoms in total. The largest absolute Gasteiger partial charge is 0.0879 e. The monoisotopic (exact) mass is 186 g/mol. The normalized spacial score (nSPS) is 25.1. The molecule has 0 spiro atoms. The molecule has 14 heavy (non-hydrogen) atoms. The van der Waals surface area contributed by atoms with Crippen molar-refractivity contribution < 1.29 is 0 Å². The van der Waals surface area contributed by atoms with Gasteiger partial charge in [0.2, 0.25) is 0 Å². The summed E-state index contributed by atoms with van der Waals surface area (Å²) in [6.45, 7) is 0. The van der Waals surface area contributed by atoms with E-state index in [-0.39, 0.29) is 0 Å². The summed E-state index contributed by atoms with van der Waals surface area (Å²) >= 11 is 0. The molecule has 74 valence electrons. The van der Waals surface area contributed by atoms with Crippen molar-refractivity contribution in [2.24, 2.45) is 0 Å². The van der Waals surface area contributed by atoms with E-state index in [9.17, 15) is 0 Å². The first-order valence-corrected chi connectivity index (χ1v) is 5.28. The van der Waals surface area contributed by atoms with Gasteiger partial charge in [0.1, 0.15) is 0 Å². The second-order valence-electron chi connectivity index (χ2n) is 3.23. The van der Waals surface area contributed by atoms with Crippen LogP contribution in [0.2, 0.25) is 0 Å². The van der Waals surface area contributed by atoms with E-state index in [1.54, 1.807) is 0 Å². The zero-order valence-electron chi connectivity index (χ0n) is 8.60. The average Bonchev–Trinajstić information content (AvgIpc) is 2.22. The molecule has 0 aromatic carbocycles. The van der Waals surface area contributed by atoms with E-state index in [1.807, 2.05) is 0 Å². The highest BCUT2D eigenvalue weighted by Crippen LogP contribution is 1.97. The molecular formula is C14H18. The van der Waals surface area contributed by atoms with E-state index in [2.05, 4.69) is 60.8 Å². The van der Waals surface area contributed by atoms with E-state index in [0.717, 1.165) is 25.7 Å². The zero-order valence-corrected chi connectivity index (χ0v) is 8.60. The van der Waals surface area contributed by atoms with E-state index in [1.165, 1.54) is 0 Å². The zero-order chi connectivity index (χ0) is 9.90. The van der Waals surface area contributed by atoms with Crippen LogP contribution >= 0.6 is 0 Å². The summed E-state index contributed by atoms with van der Waals surface area (Å²) in [5.41, 5.74) is 0. The topological polar surface area (TPSA) is 0 Å². The number of hydrogen-bond acceptors (Lipinski definition) is 0. The Balaban J connectivity index is 2.45. The van der Waals surface area contributed by atoms with Crippen LogP contribution in [0.4, 0.5) is 0 Å². The van der Waals surface area contributed by atoms with Gasteiger partial charge in [-0.25, -0.2) is 0 Å². The molecule has 0 unspecified atom stereocenters. The molecule has 0 atom stereocenters. The molecule has 0 aromatic rings. The molecule has 0 saturated heterocycles. The number of allylic oxidation sites excluding steroid dienone is 10. The van der Waals surface area contributed by atoms with Crippen molar-refractivity contribution in [1.29, 1.82) is 0 Å². The molecular weight excluding hydrogens is 168 g/mol. The summed E-state index contributed by atoms with van der Waals surface area (Å²) in [4.78, 5) is 0. The first-order chi connectivity index (χ1) is 7.00. The van der Waals surface area contributed by atoms with Crippen LogP contribution in [0.15, 0.2) is 60.8 Å². The van der Waals surface area contributed by atoms with E-state index in [4.69, 9.17) is 0 Å². The van der Waals surface area contributed by atoms with Crippen LogP contribution in [0.25, 0.3) is 0 Å². The SMILES string of the molecule is C1=CC/C=C/C=C/C/C=C\CCC=C1. The first-order valence-electron chi connectivity index (χ1n) is 5.28. The first kappa shape index (κ1) is 10.8. The van der Waals surface area contributed by atoms with Crippen molar-refractivity contribution in [3.05, 3.63) is 60.8 Å². The average molecular weight is 186 g/mol.